The standard InChI is InChI=1S/C11H15BrFN/c1-7(8(2)14-3)10-6-9(12)4-5-11(10)13/h4-8,14H,1-3H3. The molecular weight excluding hydrogens is 245 g/mol. The first-order valence-corrected chi connectivity index (χ1v) is 5.47. The molecule has 0 aromatic heterocycles. The molecule has 0 heterocycles. The van der Waals surface area contributed by atoms with Crippen molar-refractivity contribution in [2.45, 2.75) is 25.8 Å². The van der Waals surface area contributed by atoms with E-state index in [1.165, 1.54) is 6.07 Å². The van der Waals surface area contributed by atoms with E-state index in [9.17, 15) is 4.39 Å². The quantitative estimate of drug-likeness (QED) is 0.879. The number of hydrogen-bond acceptors (Lipinski definition) is 1. The van der Waals surface area contributed by atoms with Crippen molar-refractivity contribution in [1.29, 1.82) is 0 Å². The van der Waals surface area contributed by atoms with Crippen LogP contribution in [0.5, 0.6) is 0 Å². The molecule has 0 aliphatic rings. The summed E-state index contributed by atoms with van der Waals surface area (Å²) in [6.45, 7) is 4.07. The summed E-state index contributed by atoms with van der Waals surface area (Å²) in [5.41, 5.74) is 0.751. The molecular formula is C11H15BrFN. The van der Waals surface area contributed by atoms with Crippen LogP contribution >= 0.6 is 15.9 Å². The molecule has 0 radical (unpaired) electrons. The number of likely N-dealkylation sites (N-methyl/N-ethyl adjacent to an activating group) is 1. The first kappa shape index (κ1) is 11.7. The number of nitrogens with one attached hydrogen (secondary N) is 1. The van der Waals surface area contributed by atoms with Gasteiger partial charge in [-0.1, -0.05) is 22.9 Å². The summed E-state index contributed by atoms with van der Waals surface area (Å²) in [6.07, 6.45) is 0. The summed E-state index contributed by atoms with van der Waals surface area (Å²) in [6, 6.07) is 5.32. The summed E-state index contributed by atoms with van der Waals surface area (Å²) in [4.78, 5) is 0. The van der Waals surface area contributed by atoms with Crippen molar-refractivity contribution in [2.24, 2.45) is 0 Å². The van der Waals surface area contributed by atoms with E-state index in [1.807, 2.05) is 27.0 Å². The lowest BCUT2D eigenvalue weighted by molar-refractivity contribution is 0.497. The molecule has 14 heavy (non-hydrogen) atoms. The number of benzene rings is 1. The van der Waals surface area contributed by atoms with Crippen LogP contribution in [0, 0.1) is 5.82 Å². The van der Waals surface area contributed by atoms with E-state index in [4.69, 9.17) is 0 Å². The van der Waals surface area contributed by atoms with Gasteiger partial charge in [-0.15, -0.1) is 0 Å². The first-order valence-electron chi connectivity index (χ1n) is 4.68. The summed E-state index contributed by atoms with van der Waals surface area (Å²) in [5, 5.41) is 3.13. The fourth-order valence-corrected chi connectivity index (χ4v) is 1.76. The molecule has 3 heteroatoms. The Morgan fingerprint density at radius 1 is 1.36 bits per heavy atom. The second-order valence-corrected chi connectivity index (χ2v) is 4.45. The molecule has 1 aromatic rings. The molecule has 0 amide bonds. The molecule has 0 saturated carbocycles. The van der Waals surface area contributed by atoms with Gasteiger partial charge in [0, 0.05) is 10.5 Å². The molecule has 0 aliphatic heterocycles. The Hall–Kier alpha value is -0.410. The molecule has 78 valence electrons. The molecule has 2 unspecified atom stereocenters. The predicted molar refractivity (Wildman–Crippen MR) is 61.0 cm³/mol. The van der Waals surface area contributed by atoms with Gasteiger partial charge in [-0.3, -0.25) is 0 Å². The Morgan fingerprint density at radius 3 is 2.57 bits per heavy atom. The maximum atomic E-state index is 13.5. The maximum Gasteiger partial charge on any atom is 0.126 e. The first-order chi connectivity index (χ1) is 6.56. The molecule has 0 fully saturated rings. The van der Waals surface area contributed by atoms with Gasteiger partial charge < -0.3 is 5.32 Å². The maximum absolute atomic E-state index is 13.5. The Kier molecular flexibility index (Phi) is 4.08. The van der Waals surface area contributed by atoms with Crippen molar-refractivity contribution >= 4 is 15.9 Å². The van der Waals surface area contributed by atoms with Gasteiger partial charge in [0.15, 0.2) is 0 Å². The van der Waals surface area contributed by atoms with Gasteiger partial charge in [-0.2, -0.15) is 0 Å². The molecule has 1 N–H and O–H groups in total. The summed E-state index contributed by atoms with van der Waals surface area (Å²) in [7, 11) is 1.89. The smallest absolute Gasteiger partial charge is 0.126 e. The summed E-state index contributed by atoms with van der Waals surface area (Å²) in [5.74, 6) is 0.0281. The highest BCUT2D eigenvalue weighted by Gasteiger charge is 2.16. The zero-order chi connectivity index (χ0) is 10.7. The van der Waals surface area contributed by atoms with E-state index in [2.05, 4.69) is 21.2 Å². The van der Waals surface area contributed by atoms with E-state index < -0.39 is 0 Å². The third kappa shape index (κ3) is 2.55. The highest BCUT2D eigenvalue weighted by Crippen LogP contribution is 2.25. The van der Waals surface area contributed by atoms with Gasteiger partial charge in [0.05, 0.1) is 0 Å². The van der Waals surface area contributed by atoms with Crippen LogP contribution in [0.3, 0.4) is 0 Å². The van der Waals surface area contributed by atoms with Crippen LogP contribution in [0.25, 0.3) is 0 Å². The second kappa shape index (κ2) is 4.89. The summed E-state index contributed by atoms with van der Waals surface area (Å²) < 4.78 is 14.4. The van der Waals surface area contributed by atoms with E-state index in [-0.39, 0.29) is 17.8 Å². The highest BCUT2D eigenvalue weighted by molar-refractivity contribution is 9.10. The fourth-order valence-electron chi connectivity index (χ4n) is 1.38. The van der Waals surface area contributed by atoms with Crippen molar-refractivity contribution in [3.63, 3.8) is 0 Å². The Balaban J connectivity index is 2.99. The van der Waals surface area contributed by atoms with E-state index in [0.717, 1.165) is 10.0 Å². The molecule has 0 spiro atoms. The third-order valence-electron chi connectivity index (χ3n) is 2.65. The van der Waals surface area contributed by atoms with Crippen molar-refractivity contribution in [2.75, 3.05) is 7.05 Å². The van der Waals surface area contributed by atoms with Crippen LogP contribution in [-0.4, -0.2) is 13.1 Å². The van der Waals surface area contributed by atoms with E-state index in [1.54, 1.807) is 6.07 Å². The molecule has 0 aliphatic carbocycles. The highest BCUT2D eigenvalue weighted by atomic mass is 79.9. The van der Waals surface area contributed by atoms with Gasteiger partial charge in [0.25, 0.3) is 0 Å². The van der Waals surface area contributed by atoms with Crippen LogP contribution < -0.4 is 5.32 Å². The second-order valence-electron chi connectivity index (χ2n) is 3.53. The zero-order valence-corrected chi connectivity index (χ0v) is 10.2. The lowest BCUT2D eigenvalue weighted by Crippen LogP contribution is -2.27. The zero-order valence-electron chi connectivity index (χ0n) is 8.64. The van der Waals surface area contributed by atoms with Gasteiger partial charge in [-0.05, 0) is 43.7 Å². The number of hydrogen-bond donors (Lipinski definition) is 1. The van der Waals surface area contributed by atoms with Crippen LogP contribution in [0.15, 0.2) is 22.7 Å². The topological polar surface area (TPSA) is 12.0 Å². The minimum absolute atomic E-state index is 0.136. The Morgan fingerprint density at radius 2 is 2.00 bits per heavy atom. The minimum Gasteiger partial charge on any atom is -0.317 e. The van der Waals surface area contributed by atoms with Gasteiger partial charge >= 0.3 is 0 Å². The van der Waals surface area contributed by atoms with E-state index in [0.29, 0.717) is 0 Å². The Bertz CT molecular complexity index is 314. The molecule has 0 saturated heterocycles. The van der Waals surface area contributed by atoms with Crippen molar-refractivity contribution in [3.05, 3.63) is 34.1 Å². The predicted octanol–water partition coefficient (Wildman–Crippen LogP) is 3.30. The molecule has 1 nitrogen and oxygen atoms in total. The normalized spacial score (nSPS) is 15.2. The number of rotatable bonds is 3. The van der Waals surface area contributed by atoms with Gasteiger partial charge in [0.2, 0.25) is 0 Å². The lowest BCUT2D eigenvalue weighted by atomic mass is 9.94. The molecule has 0 bridgehead atoms. The average molecular weight is 260 g/mol. The van der Waals surface area contributed by atoms with Crippen molar-refractivity contribution < 1.29 is 4.39 Å². The van der Waals surface area contributed by atoms with Crippen LogP contribution in [0.2, 0.25) is 0 Å². The summed E-state index contributed by atoms with van der Waals surface area (Å²) >= 11 is 3.35. The minimum atomic E-state index is -0.136. The lowest BCUT2D eigenvalue weighted by Gasteiger charge is -2.20. The molecule has 1 aromatic carbocycles. The monoisotopic (exact) mass is 259 g/mol. The van der Waals surface area contributed by atoms with Crippen LogP contribution in [0.4, 0.5) is 4.39 Å². The van der Waals surface area contributed by atoms with Crippen LogP contribution in [-0.2, 0) is 0 Å². The third-order valence-corrected chi connectivity index (χ3v) is 3.15. The largest absolute Gasteiger partial charge is 0.317 e. The van der Waals surface area contributed by atoms with Crippen molar-refractivity contribution in [1.82, 2.24) is 5.32 Å². The Labute approximate surface area is 92.8 Å². The fraction of sp³-hybridized carbons (Fsp3) is 0.455. The van der Waals surface area contributed by atoms with E-state index >= 15 is 0 Å². The van der Waals surface area contributed by atoms with Gasteiger partial charge in [0.1, 0.15) is 5.82 Å². The number of halogens is 2. The SMILES string of the molecule is CNC(C)C(C)c1cc(Br)ccc1F. The van der Waals surface area contributed by atoms with Gasteiger partial charge in [-0.25, -0.2) is 4.39 Å². The molecule has 2 atom stereocenters. The van der Waals surface area contributed by atoms with Crippen LogP contribution in [0.1, 0.15) is 25.3 Å². The molecule has 1 rings (SSSR count). The van der Waals surface area contributed by atoms with Crippen molar-refractivity contribution in [3.8, 4) is 0 Å². The average Bonchev–Trinajstić information content (AvgIpc) is 2.19.